The molecule has 0 aliphatic heterocycles. The van der Waals surface area contributed by atoms with E-state index in [4.69, 9.17) is 14.2 Å². The maximum absolute atomic E-state index is 12.3. The van der Waals surface area contributed by atoms with E-state index in [-0.39, 0.29) is 22.9 Å². The van der Waals surface area contributed by atoms with E-state index in [1.165, 1.54) is 0 Å². The predicted octanol–water partition coefficient (Wildman–Crippen LogP) is 5.62. The number of hydrogen-bond donors (Lipinski definition) is 0. The first-order chi connectivity index (χ1) is 15.4. The van der Waals surface area contributed by atoms with Crippen molar-refractivity contribution in [1.29, 1.82) is 0 Å². The molecule has 0 heterocycles. The molecule has 0 amide bonds. The highest BCUT2D eigenvalue weighted by molar-refractivity contribution is 5.69. The molecule has 1 aliphatic carbocycles. The van der Waals surface area contributed by atoms with Crippen LogP contribution in [0.4, 0.5) is 0 Å². The van der Waals surface area contributed by atoms with Crippen molar-refractivity contribution in [2.45, 2.75) is 105 Å². The summed E-state index contributed by atoms with van der Waals surface area (Å²) in [5.41, 5.74) is 0.146. The van der Waals surface area contributed by atoms with Gasteiger partial charge < -0.3 is 14.2 Å². The van der Waals surface area contributed by atoms with E-state index in [0.29, 0.717) is 51.0 Å². The number of carbonyl (C=O) groups excluding carboxylic acids is 2. The van der Waals surface area contributed by atoms with Crippen molar-refractivity contribution >= 4 is 11.9 Å². The first-order valence-electron chi connectivity index (χ1n) is 13.0. The standard InChI is InChI=1S/C27H51NO5/c1-8-18-31-19-17-28(27(5,6)7)16-14-25(30)33-21-23-11-9-22(10-12-23)20-32-24(29)13-15-26(2,3)4/h22-23H,8-21H2,1-7H3. The van der Waals surface area contributed by atoms with Crippen LogP contribution in [0.5, 0.6) is 0 Å². The number of ether oxygens (including phenoxy) is 3. The number of carbonyl (C=O) groups is 2. The van der Waals surface area contributed by atoms with Crippen LogP contribution < -0.4 is 0 Å². The van der Waals surface area contributed by atoms with Crippen LogP contribution in [0.3, 0.4) is 0 Å². The molecule has 0 aromatic carbocycles. The molecule has 194 valence electrons. The Kier molecular flexibility index (Phi) is 13.6. The Balaban J connectivity index is 2.21. The van der Waals surface area contributed by atoms with Crippen molar-refractivity contribution < 1.29 is 23.8 Å². The monoisotopic (exact) mass is 469 g/mol. The maximum Gasteiger partial charge on any atom is 0.307 e. The van der Waals surface area contributed by atoms with Crippen molar-refractivity contribution in [3.05, 3.63) is 0 Å². The van der Waals surface area contributed by atoms with Gasteiger partial charge in [-0.15, -0.1) is 0 Å². The Morgan fingerprint density at radius 1 is 0.788 bits per heavy atom. The third kappa shape index (κ3) is 14.7. The van der Waals surface area contributed by atoms with Gasteiger partial charge in [-0.25, -0.2) is 0 Å². The highest BCUT2D eigenvalue weighted by Crippen LogP contribution is 2.29. The van der Waals surface area contributed by atoms with Crippen LogP contribution in [0.1, 0.15) is 99.8 Å². The summed E-state index contributed by atoms with van der Waals surface area (Å²) >= 11 is 0. The van der Waals surface area contributed by atoms with Gasteiger partial charge in [-0.1, -0.05) is 27.7 Å². The van der Waals surface area contributed by atoms with Gasteiger partial charge in [0.05, 0.1) is 26.2 Å². The fourth-order valence-corrected chi connectivity index (χ4v) is 4.04. The lowest BCUT2D eigenvalue weighted by molar-refractivity contribution is -0.148. The molecule has 1 fully saturated rings. The molecule has 0 N–H and O–H groups in total. The molecular formula is C27H51NO5. The SMILES string of the molecule is CCCOCCN(CCC(=O)OCC1CCC(COC(=O)CCC(C)(C)C)CC1)C(C)(C)C. The van der Waals surface area contributed by atoms with Crippen LogP contribution >= 0.6 is 0 Å². The maximum atomic E-state index is 12.3. The molecule has 0 aromatic rings. The van der Waals surface area contributed by atoms with Crippen LogP contribution in [-0.4, -0.2) is 61.9 Å². The molecule has 0 aromatic heterocycles. The topological polar surface area (TPSA) is 65.1 Å². The van der Waals surface area contributed by atoms with Gasteiger partial charge in [0, 0.05) is 31.7 Å². The average molecular weight is 470 g/mol. The van der Waals surface area contributed by atoms with Gasteiger partial charge in [-0.3, -0.25) is 14.5 Å². The minimum atomic E-state index is -0.117. The van der Waals surface area contributed by atoms with Crippen molar-refractivity contribution in [3.63, 3.8) is 0 Å². The number of esters is 2. The summed E-state index contributed by atoms with van der Waals surface area (Å²) in [7, 11) is 0. The van der Waals surface area contributed by atoms with Crippen LogP contribution in [0.15, 0.2) is 0 Å². The highest BCUT2D eigenvalue weighted by Gasteiger charge is 2.25. The van der Waals surface area contributed by atoms with Crippen molar-refractivity contribution in [2.24, 2.45) is 17.3 Å². The van der Waals surface area contributed by atoms with E-state index < -0.39 is 0 Å². The highest BCUT2D eigenvalue weighted by atomic mass is 16.5. The second-order valence-corrected chi connectivity index (χ2v) is 11.8. The fraction of sp³-hybridized carbons (Fsp3) is 0.926. The molecule has 0 atom stereocenters. The molecule has 33 heavy (non-hydrogen) atoms. The third-order valence-electron chi connectivity index (χ3n) is 6.39. The fourth-order valence-electron chi connectivity index (χ4n) is 4.04. The van der Waals surface area contributed by atoms with Gasteiger partial charge in [-0.05, 0) is 76.5 Å². The normalized spacial score (nSPS) is 19.5. The Labute approximate surface area is 203 Å². The summed E-state index contributed by atoms with van der Waals surface area (Å²) in [5.74, 6) is 0.657. The molecule has 0 saturated heterocycles. The molecule has 0 unspecified atom stereocenters. The molecule has 6 heteroatoms. The van der Waals surface area contributed by atoms with Crippen molar-refractivity contribution in [3.8, 4) is 0 Å². The van der Waals surface area contributed by atoms with Gasteiger partial charge in [0.2, 0.25) is 0 Å². The van der Waals surface area contributed by atoms with E-state index in [9.17, 15) is 9.59 Å². The average Bonchev–Trinajstić information content (AvgIpc) is 2.73. The largest absolute Gasteiger partial charge is 0.465 e. The first-order valence-corrected chi connectivity index (χ1v) is 13.0. The minimum Gasteiger partial charge on any atom is -0.465 e. The van der Waals surface area contributed by atoms with E-state index in [1.807, 2.05) is 0 Å². The zero-order valence-electron chi connectivity index (χ0n) is 22.5. The van der Waals surface area contributed by atoms with Crippen LogP contribution in [0.2, 0.25) is 0 Å². The summed E-state index contributed by atoms with van der Waals surface area (Å²) < 4.78 is 16.7. The zero-order valence-corrected chi connectivity index (χ0v) is 22.5. The van der Waals surface area contributed by atoms with Crippen molar-refractivity contribution in [1.82, 2.24) is 4.90 Å². The molecule has 0 radical (unpaired) electrons. The zero-order chi connectivity index (χ0) is 24.9. The minimum absolute atomic E-state index is 0.00949. The Morgan fingerprint density at radius 2 is 1.30 bits per heavy atom. The predicted molar refractivity (Wildman–Crippen MR) is 133 cm³/mol. The molecular weight excluding hydrogens is 418 g/mol. The van der Waals surface area contributed by atoms with Crippen LogP contribution in [-0.2, 0) is 23.8 Å². The Bertz CT molecular complexity index is 556. The number of rotatable bonds is 14. The summed E-state index contributed by atoms with van der Waals surface area (Å²) in [6, 6.07) is 0. The molecule has 6 nitrogen and oxygen atoms in total. The van der Waals surface area contributed by atoms with Gasteiger partial charge >= 0.3 is 11.9 Å². The van der Waals surface area contributed by atoms with E-state index >= 15 is 0 Å². The summed E-state index contributed by atoms with van der Waals surface area (Å²) in [6.07, 6.45) is 6.89. The summed E-state index contributed by atoms with van der Waals surface area (Å²) in [4.78, 5) is 26.6. The molecule has 0 bridgehead atoms. The van der Waals surface area contributed by atoms with Crippen molar-refractivity contribution in [2.75, 3.05) is 39.5 Å². The van der Waals surface area contributed by atoms with Gasteiger partial charge in [0.25, 0.3) is 0 Å². The second-order valence-electron chi connectivity index (χ2n) is 11.8. The number of nitrogens with zero attached hydrogens (tertiary/aromatic N) is 1. The molecule has 1 aliphatic rings. The summed E-state index contributed by atoms with van der Waals surface area (Å²) in [6.45, 7) is 19.0. The second kappa shape index (κ2) is 15.0. The third-order valence-corrected chi connectivity index (χ3v) is 6.39. The summed E-state index contributed by atoms with van der Waals surface area (Å²) in [5, 5.41) is 0. The van der Waals surface area contributed by atoms with E-state index in [1.54, 1.807) is 0 Å². The molecule has 1 saturated carbocycles. The van der Waals surface area contributed by atoms with Gasteiger partial charge in [0.1, 0.15) is 0 Å². The Hall–Kier alpha value is -1.14. The Morgan fingerprint density at radius 3 is 1.76 bits per heavy atom. The first kappa shape index (κ1) is 29.9. The van der Waals surface area contributed by atoms with Gasteiger partial charge in [-0.2, -0.15) is 0 Å². The smallest absolute Gasteiger partial charge is 0.307 e. The van der Waals surface area contributed by atoms with Gasteiger partial charge in [0.15, 0.2) is 0 Å². The van der Waals surface area contributed by atoms with Crippen LogP contribution in [0.25, 0.3) is 0 Å². The van der Waals surface area contributed by atoms with E-state index in [2.05, 4.69) is 53.4 Å². The van der Waals surface area contributed by atoms with Crippen LogP contribution in [0, 0.1) is 17.3 Å². The molecule has 0 spiro atoms. The lowest BCUT2D eigenvalue weighted by Crippen LogP contribution is -2.44. The lowest BCUT2D eigenvalue weighted by atomic mass is 9.83. The quantitative estimate of drug-likeness (QED) is 0.243. The lowest BCUT2D eigenvalue weighted by Gasteiger charge is -2.35. The van der Waals surface area contributed by atoms with E-state index in [0.717, 1.165) is 51.7 Å². The molecule has 1 rings (SSSR count). The number of hydrogen-bond acceptors (Lipinski definition) is 6.